The standard InChI is InChI=1S/C19H22ClN3O5/c1-3-26-19(25)23-10-8-22(9-11-23)18(24)17-16(13(2)28-21-17)12-27-15-6-4-14(20)5-7-15/h4-7H,3,8-12H2,1-2H3. The van der Waals surface area contributed by atoms with Crippen LogP contribution >= 0.6 is 11.6 Å². The van der Waals surface area contributed by atoms with Crippen LogP contribution in [0.25, 0.3) is 0 Å². The lowest BCUT2D eigenvalue weighted by atomic mass is 10.1. The quantitative estimate of drug-likeness (QED) is 0.757. The van der Waals surface area contributed by atoms with Crippen LogP contribution in [0.2, 0.25) is 5.02 Å². The molecule has 0 aliphatic carbocycles. The molecule has 1 aliphatic rings. The van der Waals surface area contributed by atoms with E-state index in [4.69, 9.17) is 25.6 Å². The molecule has 3 rings (SSSR count). The number of aryl methyl sites for hydroxylation is 1. The van der Waals surface area contributed by atoms with Gasteiger partial charge in [0.25, 0.3) is 5.91 Å². The molecule has 28 heavy (non-hydrogen) atoms. The maximum atomic E-state index is 12.9. The average molecular weight is 408 g/mol. The Balaban J connectivity index is 1.63. The van der Waals surface area contributed by atoms with Crippen molar-refractivity contribution in [2.24, 2.45) is 0 Å². The Morgan fingerprint density at radius 2 is 1.79 bits per heavy atom. The van der Waals surface area contributed by atoms with Crippen molar-refractivity contribution in [3.05, 3.63) is 46.3 Å². The molecule has 0 saturated carbocycles. The van der Waals surface area contributed by atoms with Crippen LogP contribution in [-0.4, -0.2) is 59.7 Å². The molecule has 9 heteroatoms. The van der Waals surface area contributed by atoms with E-state index in [1.165, 1.54) is 0 Å². The van der Waals surface area contributed by atoms with Gasteiger partial charge < -0.3 is 23.8 Å². The lowest BCUT2D eigenvalue weighted by molar-refractivity contribution is 0.0560. The van der Waals surface area contributed by atoms with Crippen molar-refractivity contribution in [2.75, 3.05) is 32.8 Å². The van der Waals surface area contributed by atoms with Crippen molar-refractivity contribution in [3.63, 3.8) is 0 Å². The number of hydrogen-bond donors (Lipinski definition) is 0. The highest BCUT2D eigenvalue weighted by Crippen LogP contribution is 2.21. The molecule has 2 heterocycles. The van der Waals surface area contributed by atoms with Crippen molar-refractivity contribution in [1.29, 1.82) is 0 Å². The van der Waals surface area contributed by atoms with Gasteiger partial charge in [-0.1, -0.05) is 16.8 Å². The van der Waals surface area contributed by atoms with Crippen molar-refractivity contribution in [1.82, 2.24) is 15.0 Å². The van der Waals surface area contributed by atoms with Gasteiger partial charge in [-0.3, -0.25) is 4.79 Å². The summed E-state index contributed by atoms with van der Waals surface area (Å²) in [5, 5.41) is 4.55. The molecule has 150 valence electrons. The number of aromatic nitrogens is 1. The fourth-order valence-electron chi connectivity index (χ4n) is 2.87. The van der Waals surface area contributed by atoms with Crippen LogP contribution < -0.4 is 4.74 Å². The van der Waals surface area contributed by atoms with Crippen LogP contribution in [0.4, 0.5) is 4.79 Å². The molecule has 1 fully saturated rings. The van der Waals surface area contributed by atoms with Crippen molar-refractivity contribution < 1.29 is 23.6 Å². The number of halogens is 1. The molecule has 1 aromatic heterocycles. The Labute approximate surface area is 167 Å². The minimum absolute atomic E-state index is 0.154. The van der Waals surface area contributed by atoms with Gasteiger partial charge >= 0.3 is 6.09 Å². The summed E-state index contributed by atoms with van der Waals surface area (Å²) < 4.78 is 16.0. The molecule has 2 amide bonds. The number of rotatable bonds is 5. The highest BCUT2D eigenvalue weighted by atomic mass is 35.5. The second-order valence-corrected chi connectivity index (χ2v) is 6.72. The molecule has 0 N–H and O–H groups in total. The van der Waals surface area contributed by atoms with E-state index in [1.807, 2.05) is 0 Å². The van der Waals surface area contributed by atoms with E-state index in [0.29, 0.717) is 54.9 Å². The Morgan fingerprint density at radius 1 is 1.14 bits per heavy atom. The summed E-state index contributed by atoms with van der Waals surface area (Å²) in [5.74, 6) is 0.920. The van der Waals surface area contributed by atoms with Crippen LogP contribution in [0.15, 0.2) is 28.8 Å². The maximum Gasteiger partial charge on any atom is 0.409 e. The molecule has 0 unspecified atom stereocenters. The number of carbonyl (C=O) groups excluding carboxylic acids is 2. The first-order chi connectivity index (χ1) is 13.5. The largest absolute Gasteiger partial charge is 0.489 e. The fourth-order valence-corrected chi connectivity index (χ4v) is 3.00. The minimum atomic E-state index is -0.357. The normalized spacial score (nSPS) is 14.1. The summed E-state index contributed by atoms with van der Waals surface area (Å²) in [6.45, 7) is 5.62. The topological polar surface area (TPSA) is 85.1 Å². The molecule has 0 radical (unpaired) electrons. The van der Waals surface area contributed by atoms with E-state index in [9.17, 15) is 9.59 Å². The van der Waals surface area contributed by atoms with Crippen LogP contribution in [0.3, 0.4) is 0 Å². The minimum Gasteiger partial charge on any atom is -0.489 e. The number of amides is 2. The van der Waals surface area contributed by atoms with Gasteiger partial charge in [-0.2, -0.15) is 0 Å². The third-order valence-electron chi connectivity index (χ3n) is 4.48. The maximum absolute atomic E-state index is 12.9. The van der Waals surface area contributed by atoms with Gasteiger partial charge in [0, 0.05) is 31.2 Å². The number of ether oxygens (including phenoxy) is 2. The molecule has 0 bridgehead atoms. The first-order valence-electron chi connectivity index (χ1n) is 9.04. The summed E-state index contributed by atoms with van der Waals surface area (Å²) in [6, 6.07) is 6.96. The van der Waals surface area contributed by atoms with E-state index >= 15 is 0 Å². The van der Waals surface area contributed by atoms with Crippen molar-refractivity contribution >= 4 is 23.6 Å². The summed E-state index contributed by atoms with van der Waals surface area (Å²) in [7, 11) is 0. The van der Waals surface area contributed by atoms with Gasteiger partial charge in [-0.25, -0.2) is 4.79 Å². The fraction of sp³-hybridized carbons (Fsp3) is 0.421. The average Bonchev–Trinajstić information content (AvgIpc) is 3.08. The first-order valence-corrected chi connectivity index (χ1v) is 9.42. The Hall–Kier alpha value is -2.74. The zero-order valence-corrected chi connectivity index (χ0v) is 16.6. The number of nitrogens with zero attached hydrogens (tertiary/aromatic N) is 3. The Kier molecular flexibility index (Phi) is 6.41. The summed E-state index contributed by atoms with van der Waals surface area (Å²) >= 11 is 5.87. The predicted octanol–water partition coefficient (Wildman–Crippen LogP) is 3.13. The molecule has 0 spiro atoms. The number of hydrogen-bond acceptors (Lipinski definition) is 6. The zero-order chi connectivity index (χ0) is 20.1. The molecule has 0 atom stereocenters. The molecule has 8 nitrogen and oxygen atoms in total. The van der Waals surface area contributed by atoms with Gasteiger partial charge in [0.15, 0.2) is 5.69 Å². The molecule has 2 aromatic rings. The smallest absolute Gasteiger partial charge is 0.409 e. The monoisotopic (exact) mass is 407 g/mol. The van der Waals surface area contributed by atoms with Gasteiger partial charge in [0.1, 0.15) is 18.1 Å². The van der Waals surface area contributed by atoms with Crippen molar-refractivity contribution in [2.45, 2.75) is 20.5 Å². The SMILES string of the molecule is CCOC(=O)N1CCN(C(=O)c2noc(C)c2COc2ccc(Cl)cc2)CC1. The summed E-state index contributed by atoms with van der Waals surface area (Å²) in [6.07, 6.45) is -0.357. The second-order valence-electron chi connectivity index (χ2n) is 6.29. The van der Waals surface area contributed by atoms with E-state index in [0.717, 1.165) is 0 Å². The highest BCUT2D eigenvalue weighted by molar-refractivity contribution is 6.30. The molecule has 1 aliphatic heterocycles. The second kappa shape index (κ2) is 8.97. The third kappa shape index (κ3) is 4.56. The van der Waals surface area contributed by atoms with E-state index in [-0.39, 0.29) is 24.3 Å². The number of benzene rings is 1. The Bertz CT molecular complexity index is 829. The summed E-state index contributed by atoms with van der Waals surface area (Å²) in [4.78, 5) is 27.9. The van der Waals surface area contributed by atoms with Crippen LogP contribution in [0.5, 0.6) is 5.75 Å². The predicted molar refractivity (Wildman–Crippen MR) is 102 cm³/mol. The van der Waals surface area contributed by atoms with E-state index in [2.05, 4.69) is 5.16 Å². The van der Waals surface area contributed by atoms with Gasteiger partial charge in [-0.05, 0) is 38.1 Å². The summed E-state index contributed by atoms with van der Waals surface area (Å²) in [5.41, 5.74) is 0.837. The molecular weight excluding hydrogens is 386 g/mol. The first kappa shape index (κ1) is 20.0. The zero-order valence-electron chi connectivity index (χ0n) is 15.8. The van der Waals surface area contributed by atoms with Gasteiger partial charge in [0.05, 0.1) is 12.2 Å². The highest BCUT2D eigenvalue weighted by Gasteiger charge is 2.29. The van der Waals surface area contributed by atoms with Crippen LogP contribution in [-0.2, 0) is 11.3 Å². The number of piperazine rings is 1. The van der Waals surface area contributed by atoms with Gasteiger partial charge in [-0.15, -0.1) is 0 Å². The van der Waals surface area contributed by atoms with Crippen LogP contribution in [0.1, 0.15) is 28.7 Å². The molecular formula is C19H22ClN3O5. The van der Waals surface area contributed by atoms with E-state index < -0.39 is 0 Å². The lowest BCUT2D eigenvalue weighted by Crippen LogP contribution is -2.51. The molecule has 1 saturated heterocycles. The molecule has 1 aromatic carbocycles. The van der Waals surface area contributed by atoms with Gasteiger partial charge in [0.2, 0.25) is 0 Å². The number of carbonyl (C=O) groups is 2. The Morgan fingerprint density at radius 3 is 2.43 bits per heavy atom. The van der Waals surface area contributed by atoms with E-state index in [1.54, 1.807) is 47.9 Å². The van der Waals surface area contributed by atoms with Crippen molar-refractivity contribution in [3.8, 4) is 5.75 Å². The lowest BCUT2D eigenvalue weighted by Gasteiger charge is -2.33. The van der Waals surface area contributed by atoms with Crippen LogP contribution in [0, 0.1) is 6.92 Å². The third-order valence-corrected chi connectivity index (χ3v) is 4.73.